The predicted molar refractivity (Wildman–Crippen MR) is 99.1 cm³/mol. The van der Waals surface area contributed by atoms with Gasteiger partial charge in [-0.2, -0.15) is 0 Å². The Morgan fingerprint density at radius 2 is 1.80 bits per heavy atom. The minimum atomic E-state index is -0.190. The fourth-order valence-corrected chi connectivity index (χ4v) is 3.84. The van der Waals surface area contributed by atoms with Gasteiger partial charge in [0.15, 0.2) is 0 Å². The number of hydrogen-bond donors (Lipinski definition) is 1. The molecule has 0 radical (unpaired) electrons. The van der Waals surface area contributed by atoms with Gasteiger partial charge in [0.25, 0.3) is 0 Å². The van der Waals surface area contributed by atoms with E-state index in [1.807, 2.05) is 12.1 Å². The van der Waals surface area contributed by atoms with Gasteiger partial charge in [-0.1, -0.05) is 12.1 Å². The summed E-state index contributed by atoms with van der Waals surface area (Å²) in [7, 11) is 2.12. The summed E-state index contributed by atoms with van der Waals surface area (Å²) in [5.74, 6) is 0.816. The molecule has 0 spiro atoms. The third-order valence-electron chi connectivity index (χ3n) is 5.23. The highest BCUT2D eigenvalue weighted by molar-refractivity contribution is 5.71. The average Bonchev–Trinajstić information content (AvgIpc) is 2.86. The molecule has 1 aliphatic carbocycles. The number of pyridine rings is 1. The first-order chi connectivity index (χ1) is 12.2. The molecular formula is C20H25FN4. The van der Waals surface area contributed by atoms with E-state index in [-0.39, 0.29) is 5.82 Å². The molecular weight excluding hydrogens is 315 g/mol. The average molecular weight is 340 g/mol. The van der Waals surface area contributed by atoms with Gasteiger partial charge in [-0.25, -0.2) is 14.4 Å². The molecule has 132 valence electrons. The van der Waals surface area contributed by atoms with Gasteiger partial charge in [-0.05, 0) is 60.6 Å². The van der Waals surface area contributed by atoms with E-state index in [2.05, 4.69) is 28.4 Å². The van der Waals surface area contributed by atoms with Crippen molar-refractivity contribution in [1.29, 1.82) is 0 Å². The van der Waals surface area contributed by atoms with E-state index in [0.717, 1.165) is 50.4 Å². The first-order valence-electron chi connectivity index (χ1n) is 9.20. The number of fused-ring (bicyclic) bond motifs is 1. The standard InChI is InChI=1S/C20H25FN4/c1-24-12-10-22-11-13-25(24)20-14-18(15-6-8-16(21)9-7-15)17-4-2-3-5-19(17)23-20/h6-9,14,22H,2-5,10-13H2,1H3. The summed E-state index contributed by atoms with van der Waals surface area (Å²) in [6.45, 7) is 3.81. The normalized spacial score (nSPS) is 18.7. The highest BCUT2D eigenvalue weighted by Crippen LogP contribution is 2.34. The Hall–Kier alpha value is -1.98. The molecule has 4 nitrogen and oxygen atoms in total. The largest absolute Gasteiger partial charge is 0.314 e. The van der Waals surface area contributed by atoms with Crippen LogP contribution >= 0.6 is 0 Å². The van der Waals surface area contributed by atoms with Gasteiger partial charge in [-0.15, -0.1) is 0 Å². The maximum absolute atomic E-state index is 13.4. The number of nitrogens with zero attached hydrogens (tertiary/aromatic N) is 3. The second kappa shape index (κ2) is 7.10. The molecule has 5 heteroatoms. The minimum absolute atomic E-state index is 0.190. The molecule has 1 aromatic heterocycles. The maximum atomic E-state index is 13.4. The fourth-order valence-electron chi connectivity index (χ4n) is 3.84. The monoisotopic (exact) mass is 340 g/mol. The molecule has 1 aromatic carbocycles. The van der Waals surface area contributed by atoms with Crippen molar-refractivity contribution in [3.8, 4) is 11.1 Å². The number of likely N-dealkylation sites (N-methyl/N-ethyl adjacent to an activating group) is 1. The van der Waals surface area contributed by atoms with Crippen molar-refractivity contribution in [2.24, 2.45) is 0 Å². The lowest BCUT2D eigenvalue weighted by Crippen LogP contribution is -2.41. The van der Waals surface area contributed by atoms with Crippen molar-refractivity contribution in [3.63, 3.8) is 0 Å². The number of halogens is 1. The number of hydrazine groups is 1. The van der Waals surface area contributed by atoms with Crippen LogP contribution in [0.2, 0.25) is 0 Å². The minimum Gasteiger partial charge on any atom is -0.314 e. The molecule has 0 atom stereocenters. The summed E-state index contributed by atoms with van der Waals surface area (Å²) in [5.41, 5.74) is 4.86. The highest BCUT2D eigenvalue weighted by Gasteiger charge is 2.22. The Morgan fingerprint density at radius 3 is 2.64 bits per heavy atom. The molecule has 4 rings (SSSR count). The number of rotatable bonds is 2. The second-order valence-electron chi connectivity index (χ2n) is 6.92. The van der Waals surface area contributed by atoms with Crippen LogP contribution < -0.4 is 10.3 Å². The lowest BCUT2D eigenvalue weighted by atomic mass is 9.89. The zero-order valence-electron chi connectivity index (χ0n) is 14.8. The molecule has 0 saturated carbocycles. The van der Waals surface area contributed by atoms with E-state index in [4.69, 9.17) is 4.98 Å². The Kier molecular flexibility index (Phi) is 4.68. The second-order valence-corrected chi connectivity index (χ2v) is 6.92. The van der Waals surface area contributed by atoms with Crippen LogP contribution in [-0.2, 0) is 12.8 Å². The molecule has 2 aromatic rings. The topological polar surface area (TPSA) is 31.4 Å². The van der Waals surface area contributed by atoms with Gasteiger partial charge in [0, 0.05) is 38.9 Å². The van der Waals surface area contributed by atoms with Gasteiger partial charge in [-0.3, -0.25) is 5.01 Å². The number of anilines is 1. The van der Waals surface area contributed by atoms with Gasteiger partial charge in [0.2, 0.25) is 0 Å². The van der Waals surface area contributed by atoms with Crippen LogP contribution in [0.5, 0.6) is 0 Å². The van der Waals surface area contributed by atoms with Gasteiger partial charge in [0.05, 0.1) is 0 Å². The Labute approximate surface area is 148 Å². The highest BCUT2D eigenvalue weighted by atomic mass is 19.1. The quantitative estimate of drug-likeness (QED) is 0.911. The molecule has 1 saturated heterocycles. The van der Waals surface area contributed by atoms with E-state index < -0.39 is 0 Å². The summed E-state index contributed by atoms with van der Waals surface area (Å²) < 4.78 is 13.4. The van der Waals surface area contributed by atoms with E-state index >= 15 is 0 Å². The Bertz CT molecular complexity index is 744. The molecule has 2 heterocycles. The van der Waals surface area contributed by atoms with Crippen LogP contribution in [-0.4, -0.2) is 43.2 Å². The third kappa shape index (κ3) is 3.39. The van der Waals surface area contributed by atoms with Crippen molar-refractivity contribution in [1.82, 2.24) is 15.3 Å². The molecule has 1 aliphatic heterocycles. The van der Waals surface area contributed by atoms with Crippen molar-refractivity contribution in [3.05, 3.63) is 47.4 Å². The first kappa shape index (κ1) is 16.5. The third-order valence-corrected chi connectivity index (χ3v) is 5.23. The van der Waals surface area contributed by atoms with Gasteiger partial charge >= 0.3 is 0 Å². The molecule has 25 heavy (non-hydrogen) atoms. The predicted octanol–water partition coefficient (Wildman–Crippen LogP) is 3.02. The zero-order chi connectivity index (χ0) is 17.2. The van der Waals surface area contributed by atoms with Crippen molar-refractivity contribution < 1.29 is 4.39 Å². The van der Waals surface area contributed by atoms with Crippen LogP contribution in [0.1, 0.15) is 24.1 Å². The van der Waals surface area contributed by atoms with Gasteiger partial charge in [0.1, 0.15) is 11.6 Å². The van der Waals surface area contributed by atoms with E-state index in [1.165, 1.54) is 29.7 Å². The number of hydrogen-bond acceptors (Lipinski definition) is 4. The Morgan fingerprint density at radius 1 is 1.04 bits per heavy atom. The smallest absolute Gasteiger partial charge is 0.143 e. The summed E-state index contributed by atoms with van der Waals surface area (Å²) in [6, 6.07) is 9.06. The maximum Gasteiger partial charge on any atom is 0.143 e. The SMILES string of the molecule is CN1CCNCCN1c1cc(-c2ccc(F)cc2)c2c(n1)CCCC2. The molecule has 1 fully saturated rings. The lowest BCUT2D eigenvalue weighted by molar-refractivity contribution is 0.326. The fraction of sp³-hybridized carbons (Fsp3) is 0.450. The van der Waals surface area contributed by atoms with E-state index in [0.29, 0.717) is 0 Å². The number of aryl methyl sites for hydroxylation is 1. The van der Waals surface area contributed by atoms with E-state index in [9.17, 15) is 4.39 Å². The summed E-state index contributed by atoms with van der Waals surface area (Å²) in [5, 5.41) is 7.95. The molecule has 0 bridgehead atoms. The van der Waals surface area contributed by atoms with E-state index in [1.54, 1.807) is 12.1 Å². The van der Waals surface area contributed by atoms with Crippen molar-refractivity contribution >= 4 is 5.82 Å². The summed E-state index contributed by atoms with van der Waals surface area (Å²) >= 11 is 0. The summed E-state index contributed by atoms with van der Waals surface area (Å²) in [4.78, 5) is 5.02. The van der Waals surface area contributed by atoms with Crippen molar-refractivity contribution in [2.75, 3.05) is 38.2 Å². The van der Waals surface area contributed by atoms with Crippen molar-refractivity contribution in [2.45, 2.75) is 25.7 Å². The molecule has 2 aliphatic rings. The summed E-state index contributed by atoms with van der Waals surface area (Å²) in [6.07, 6.45) is 4.50. The Balaban J connectivity index is 1.80. The molecule has 0 unspecified atom stereocenters. The number of aromatic nitrogens is 1. The van der Waals surface area contributed by atoms with Gasteiger partial charge < -0.3 is 5.32 Å². The first-order valence-corrected chi connectivity index (χ1v) is 9.20. The van der Waals surface area contributed by atoms with Crippen LogP contribution in [0.3, 0.4) is 0 Å². The van der Waals surface area contributed by atoms with Crippen LogP contribution in [0.25, 0.3) is 11.1 Å². The van der Waals surface area contributed by atoms with Crippen LogP contribution in [0, 0.1) is 5.82 Å². The van der Waals surface area contributed by atoms with Crippen LogP contribution in [0.4, 0.5) is 10.2 Å². The number of benzene rings is 1. The molecule has 1 N–H and O–H groups in total. The number of nitrogens with one attached hydrogen (secondary N) is 1. The zero-order valence-corrected chi connectivity index (χ0v) is 14.8. The lowest BCUT2D eigenvalue weighted by Gasteiger charge is -2.32. The van der Waals surface area contributed by atoms with Crippen LogP contribution in [0.15, 0.2) is 30.3 Å². The molecule has 0 amide bonds.